The molecule has 0 aliphatic heterocycles. The summed E-state index contributed by atoms with van der Waals surface area (Å²) in [6.45, 7) is 0. The van der Waals surface area contributed by atoms with Gasteiger partial charge in [0.1, 0.15) is 0 Å². The Bertz CT molecular complexity index is 484. The summed E-state index contributed by atoms with van der Waals surface area (Å²) < 4.78 is 25.1. The minimum absolute atomic E-state index is 0.302. The molecule has 1 saturated carbocycles. The second kappa shape index (κ2) is 5.38. The van der Waals surface area contributed by atoms with E-state index in [0.29, 0.717) is 11.3 Å². The van der Waals surface area contributed by atoms with Crippen molar-refractivity contribution in [2.24, 2.45) is 0 Å². The molecule has 0 saturated heterocycles. The molecule has 0 amide bonds. The normalized spacial score (nSPS) is 25.3. The van der Waals surface area contributed by atoms with Crippen LogP contribution in [0.15, 0.2) is 35.2 Å². The van der Waals surface area contributed by atoms with Gasteiger partial charge < -0.3 is 5.21 Å². The lowest BCUT2D eigenvalue weighted by Crippen LogP contribution is -2.45. The molecule has 4 nitrogen and oxygen atoms in total. The van der Waals surface area contributed by atoms with Crippen LogP contribution in [0, 0.1) is 0 Å². The van der Waals surface area contributed by atoms with Gasteiger partial charge in [-0.15, -0.1) is 0 Å². The number of hydrogen-bond acceptors (Lipinski definition) is 4. The van der Waals surface area contributed by atoms with E-state index in [1.807, 2.05) is 0 Å². The third-order valence-corrected chi connectivity index (χ3v) is 5.89. The molecule has 1 fully saturated rings. The second-order valence-electron chi connectivity index (χ2n) is 4.82. The first kappa shape index (κ1) is 13.5. The van der Waals surface area contributed by atoms with Gasteiger partial charge in [-0.1, -0.05) is 31.0 Å². The van der Waals surface area contributed by atoms with Crippen LogP contribution in [-0.4, -0.2) is 37.0 Å². The summed E-state index contributed by atoms with van der Waals surface area (Å²) >= 11 is 0. The third-order valence-electron chi connectivity index (χ3n) is 3.62. The van der Waals surface area contributed by atoms with E-state index < -0.39 is 15.1 Å². The van der Waals surface area contributed by atoms with E-state index in [-0.39, 0.29) is 6.04 Å². The van der Waals surface area contributed by atoms with Crippen LogP contribution >= 0.6 is 0 Å². The van der Waals surface area contributed by atoms with Crippen molar-refractivity contribution in [1.29, 1.82) is 0 Å². The summed E-state index contributed by atoms with van der Waals surface area (Å²) in [7, 11) is -1.83. The number of hydroxylamine groups is 2. The van der Waals surface area contributed by atoms with Crippen LogP contribution in [0.25, 0.3) is 0 Å². The maximum Gasteiger partial charge on any atom is 0.182 e. The molecule has 1 aromatic carbocycles. The first-order chi connectivity index (χ1) is 8.53. The van der Waals surface area contributed by atoms with E-state index in [1.165, 1.54) is 7.05 Å². The standard InChI is InChI=1S/C13H19NO3S/c1-14(15)12-9-5-6-10-13(12)18(16,17)11-7-3-2-4-8-11/h2-4,7-8,12-13,15H,5-6,9-10H2,1H3/t12-,13-/m0/s1. The van der Waals surface area contributed by atoms with Crippen molar-refractivity contribution >= 4 is 9.84 Å². The van der Waals surface area contributed by atoms with Crippen LogP contribution in [0.1, 0.15) is 25.7 Å². The maximum absolute atomic E-state index is 12.6. The largest absolute Gasteiger partial charge is 0.314 e. The number of hydrogen-bond donors (Lipinski definition) is 1. The van der Waals surface area contributed by atoms with Crippen LogP contribution in [0.2, 0.25) is 0 Å². The van der Waals surface area contributed by atoms with Gasteiger partial charge in [0.2, 0.25) is 0 Å². The molecule has 0 bridgehead atoms. The zero-order valence-corrected chi connectivity index (χ0v) is 11.3. The van der Waals surface area contributed by atoms with Crippen LogP contribution < -0.4 is 0 Å². The lowest BCUT2D eigenvalue weighted by molar-refractivity contribution is -0.109. The quantitative estimate of drug-likeness (QED) is 0.854. The zero-order valence-electron chi connectivity index (χ0n) is 10.5. The molecule has 0 spiro atoms. The Hall–Kier alpha value is -0.910. The number of rotatable bonds is 3. The molecule has 2 rings (SSSR count). The number of sulfone groups is 1. The summed E-state index contributed by atoms with van der Waals surface area (Å²) in [6.07, 6.45) is 3.22. The van der Waals surface area contributed by atoms with Gasteiger partial charge in [0.15, 0.2) is 9.84 Å². The minimum Gasteiger partial charge on any atom is -0.314 e. The van der Waals surface area contributed by atoms with Gasteiger partial charge in [-0.3, -0.25) is 0 Å². The van der Waals surface area contributed by atoms with Gasteiger partial charge in [-0.25, -0.2) is 8.42 Å². The van der Waals surface area contributed by atoms with E-state index in [2.05, 4.69) is 0 Å². The molecular weight excluding hydrogens is 250 g/mol. The fourth-order valence-electron chi connectivity index (χ4n) is 2.65. The molecule has 100 valence electrons. The Kier molecular flexibility index (Phi) is 4.04. The molecule has 0 aromatic heterocycles. The van der Waals surface area contributed by atoms with Crippen molar-refractivity contribution in [2.75, 3.05) is 7.05 Å². The van der Waals surface area contributed by atoms with Crippen molar-refractivity contribution in [3.8, 4) is 0 Å². The fourth-order valence-corrected chi connectivity index (χ4v) is 4.74. The summed E-state index contributed by atoms with van der Waals surface area (Å²) in [5, 5.41) is 10.2. The van der Waals surface area contributed by atoms with Crippen molar-refractivity contribution < 1.29 is 13.6 Å². The molecule has 0 unspecified atom stereocenters. The van der Waals surface area contributed by atoms with E-state index in [1.54, 1.807) is 30.3 Å². The number of benzene rings is 1. The summed E-state index contributed by atoms with van der Waals surface area (Å²) in [5.74, 6) is 0. The highest BCUT2D eigenvalue weighted by atomic mass is 32.2. The van der Waals surface area contributed by atoms with E-state index >= 15 is 0 Å². The zero-order chi connectivity index (χ0) is 13.2. The van der Waals surface area contributed by atoms with Gasteiger partial charge in [-0.05, 0) is 25.0 Å². The van der Waals surface area contributed by atoms with E-state index in [4.69, 9.17) is 0 Å². The Labute approximate surface area is 108 Å². The van der Waals surface area contributed by atoms with E-state index in [9.17, 15) is 13.6 Å². The van der Waals surface area contributed by atoms with E-state index in [0.717, 1.165) is 24.3 Å². The smallest absolute Gasteiger partial charge is 0.182 e. The molecule has 5 heteroatoms. The van der Waals surface area contributed by atoms with Crippen LogP contribution in [0.5, 0.6) is 0 Å². The lowest BCUT2D eigenvalue weighted by Gasteiger charge is -2.34. The molecule has 2 atom stereocenters. The molecule has 1 aliphatic carbocycles. The van der Waals surface area contributed by atoms with Gasteiger partial charge in [-0.2, -0.15) is 5.06 Å². The number of nitrogens with zero attached hydrogens (tertiary/aromatic N) is 1. The van der Waals surface area contributed by atoms with Gasteiger partial charge in [0.25, 0.3) is 0 Å². The lowest BCUT2D eigenvalue weighted by atomic mass is 9.95. The Balaban J connectivity index is 2.34. The Morgan fingerprint density at radius 3 is 2.39 bits per heavy atom. The first-order valence-corrected chi connectivity index (χ1v) is 7.79. The van der Waals surface area contributed by atoms with Gasteiger partial charge >= 0.3 is 0 Å². The predicted octanol–water partition coefficient (Wildman–Crippen LogP) is 2.09. The van der Waals surface area contributed by atoms with Crippen molar-refractivity contribution in [1.82, 2.24) is 5.06 Å². The molecule has 1 N–H and O–H groups in total. The molecule has 1 aromatic rings. The highest BCUT2D eigenvalue weighted by Crippen LogP contribution is 2.30. The minimum atomic E-state index is -3.36. The van der Waals surface area contributed by atoms with Crippen LogP contribution in [0.4, 0.5) is 0 Å². The fraction of sp³-hybridized carbons (Fsp3) is 0.538. The summed E-state index contributed by atoms with van der Waals surface area (Å²) in [5.41, 5.74) is 0. The highest BCUT2D eigenvalue weighted by molar-refractivity contribution is 7.92. The molecule has 0 radical (unpaired) electrons. The first-order valence-electron chi connectivity index (χ1n) is 6.24. The van der Waals surface area contributed by atoms with Gasteiger partial charge in [0, 0.05) is 7.05 Å². The maximum atomic E-state index is 12.6. The van der Waals surface area contributed by atoms with Crippen molar-refractivity contribution in [3.05, 3.63) is 30.3 Å². The summed E-state index contributed by atoms with van der Waals surface area (Å²) in [4.78, 5) is 0.351. The second-order valence-corrected chi connectivity index (χ2v) is 6.99. The molecule has 18 heavy (non-hydrogen) atoms. The van der Waals surface area contributed by atoms with Crippen LogP contribution in [0.3, 0.4) is 0 Å². The van der Waals surface area contributed by atoms with Gasteiger partial charge in [0.05, 0.1) is 16.2 Å². The van der Waals surface area contributed by atoms with Crippen molar-refractivity contribution in [3.63, 3.8) is 0 Å². The molecular formula is C13H19NO3S. The van der Waals surface area contributed by atoms with Crippen molar-refractivity contribution in [2.45, 2.75) is 41.9 Å². The predicted molar refractivity (Wildman–Crippen MR) is 69.2 cm³/mol. The topological polar surface area (TPSA) is 57.6 Å². The Morgan fingerprint density at radius 2 is 1.78 bits per heavy atom. The summed E-state index contributed by atoms with van der Waals surface area (Å²) in [6, 6.07) is 8.21. The Morgan fingerprint density at radius 1 is 1.17 bits per heavy atom. The monoisotopic (exact) mass is 269 g/mol. The third kappa shape index (κ3) is 2.58. The van der Waals surface area contributed by atoms with Crippen LogP contribution in [-0.2, 0) is 9.84 Å². The SMILES string of the molecule is CN(O)[C@H]1CCCC[C@@H]1S(=O)(=O)c1ccccc1. The average molecular weight is 269 g/mol. The highest BCUT2D eigenvalue weighted by Gasteiger charge is 2.38. The molecule has 1 aliphatic rings. The molecule has 0 heterocycles. The average Bonchev–Trinajstić information content (AvgIpc) is 2.39.